The normalized spacial score (nSPS) is 14.1. The maximum Gasteiger partial charge on any atom is 0.242 e. The number of benzene rings is 2. The number of anilines is 1. The molecule has 0 aromatic heterocycles. The summed E-state index contributed by atoms with van der Waals surface area (Å²) in [4.78, 5) is 26.6. The minimum atomic E-state index is -3.45. The molecule has 1 heterocycles. The number of likely N-dealkylation sites (tertiary alicyclic amines) is 1. The molecule has 2 amide bonds. The van der Waals surface area contributed by atoms with Crippen molar-refractivity contribution in [3.05, 3.63) is 59.7 Å². The van der Waals surface area contributed by atoms with Crippen molar-refractivity contribution in [2.24, 2.45) is 0 Å². The van der Waals surface area contributed by atoms with Gasteiger partial charge in [0, 0.05) is 39.3 Å². The third kappa shape index (κ3) is 6.15. The van der Waals surface area contributed by atoms with Crippen molar-refractivity contribution in [2.75, 3.05) is 32.5 Å². The summed E-state index contributed by atoms with van der Waals surface area (Å²) in [7, 11) is -0.468. The zero-order valence-electron chi connectivity index (χ0n) is 18.0. The van der Waals surface area contributed by atoms with Gasteiger partial charge < -0.3 is 10.2 Å². The van der Waals surface area contributed by atoms with Crippen molar-refractivity contribution < 1.29 is 18.0 Å². The Morgan fingerprint density at radius 1 is 0.935 bits per heavy atom. The first kappa shape index (κ1) is 23.0. The summed E-state index contributed by atoms with van der Waals surface area (Å²) >= 11 is 0. The molecule has 0 bridgehead atoms. The second-order valence-electron chi connectivity index (χ2n) is 7.94. The highest BCUT2D eigenvalue weighted by atomic mass is 32.2. The Hall–Kier alpha value is -2.71. The van der Waals surface area contributed by atoms with Crippen LogP contribution in [0.15, 0.2) is 53.4 Å². The van der Waals surface area contributed by atoms with E-state index in [1.807, 2.05) is 29.2 Å². The summed E-state index contributed by atoms with van der Waals surface area (Å²) in [6.45, 7) is 1.70. The minimum Gasteiger partial charge on any atom is -0.342 e. The molecule has 0 spiro atoms. The van der Waals surface area contributed by atoms with Gasteiger partial charge in [-0.05, 0) is 54.7 Å². The summed E-state index contributed by atoms with van der Waals surface area (Å²) in [5, 5.41) is 2.86. The Balaban J connectivity index is 1.48. The molecule has 0 unspecified atom stereocenters. The molecule has 7 nitrogen and oxygen atoms in total. The van der Waals surface area contributed by atoms with E-state index in [2.05, 4.69) is 5.32 Å². The molecule has 0 aliphatic carbocycles. The number of nitrogens with zero attached hydrogens (tertiary/aromatic N) is 2. The molecule has 2 aromatic carbocycles. The maximum atomic E-state index is 12.3. The average Bonchev–Trinajstić information content (AvgIpc) is 3.29. The predicted octanol–water partition coefficient (Wildman–Crippen LogP) is 2.67. The first-order valence-electron chi connectivity index (χ1n) is 10.4. The number of nitrogens with one attached hydrogen (secondary N) is 1. The summed E-state index contributed by atoms with van der Waals surface area (Å²) in [5.41, 5.74) is 2.51. The number of hydrogen-bond acceptors (Lipinski definition) is 4. The van der Waals surface area contributed by atoms with Crippen LogP contribution in [-0.2, 0) is 32.5 Å². The van der Waals surface area contributed by atoms with Gasteiger partial charge in [0.1, 0.15) is 0 Å². The lowest BCUT2D eigenvalue weighted by Gasteiger charge is -2.15. The van der Waals surface area contributed by atoms with Crippen LogP contribution in [0.2, 0.25) is 0 Å². The third-order valence-electron chi connectivity index (χ3n) is 5.39. The van der Waals surface area contributed by atoms with Crippen molar-refractivity contribution in [2.45, 2.75) is 37.0 Å². The van der Waals surface area contributed by atoms with Gasteiger partial charge in [0.2, 0.25) is 21.8 Å². The van der Waals surface area contributed by atoms with Gasteiger partial charge in [0.15, 0.2) is 0 Å². The molecule has 1 fully saturated rings. The molecule has 0 radical (unpaired) electrons. The zero-order chi connectivity index (χ0) is 22.4. The number of rotatable bonds is 8. The molecular formula is C23H29N3O4S. The van der Waals surface area contributed by atoms with Crippen LogP contribution in [0.25, 0.3) is 0 Å². The molecule has 0 saturated carbocycles. The molecule has 1 N–H and O–H groups in total. The fourth-order valence-corrected chi connectivity index (χ4v) is 4.38. The van der Waals surface area contributed by atoms with Gasteiger partial charge in [-0.2, -0.15) is 0 Å². The Morgan fingerprint density at radius 2 is 1.52 bits per heavy atom. The SMILES string of the molecule is CN(C)S(=O)(=O)c1ccc(CCC(=O)Nc2ccc(CC(=O)N3CCCC3)cc2)cc1. The minimum absolute atomic E-state index is 0.120. The fourth-order valence-electron chi connectivity index (χ4n) is 3.48. The number of amides is 2. The summed E-state index contributed by atoms with van der Waals surface area (Å²) in [5.74, 6) is 0.0320. The Morgan fingerprint density at radius 3 is 2.10 bits per heavy atom. The van der Waals surface area contributed by atoms with Gasteiger partial charge in [0.05, 0.1) is 11.3 Å². The molecule has 1 saturated heterocycles. The highest BCUT2D eigenvalue weighted by Crippen LogP contribution is 2.16. The van der Waals surface area contributed by atoms with E-state index >= 15 is 0 Å². The van der Waals surface area contributed by atoms with Crippen molar-refractivity contribution in [3.8, 4) is 0 Å². The van der Waals surface area contributed by atoms with Crippen LogP contribution in [0.5, 0.6) is 0 Å². The third-order valence-corrected chi connectivity index (χ3v) is 7.22. The van der Waals surface area contributed by atoms with Crippen LogP contribution in [0.3, 0.4) is 0 Å². The number of carbonyl (C=O) groups is 2. The molecule has 31 heavy (non-hydrogen) atoms. The second kappa shape index (κ2) is 10.1. The average molecular weight is 444 g/mol. The van der Waals surface area contributed by atoms with Crippen LogP contribution in [0.4, 0.5) is 5.69 Å². The molecule has 1 aliphatic rings. The van der Waals surface area contributed by atoms with E-state index in [0.717, 1.165) is 37.1 Å². The maximum absolute atomic E-state index is 12.3. The lowest BCUT2D eigenvalue weighted by molar-refractivity contribution is -0.129. The molecule has 2 aromatic rings. The van der Waals surface area contributed by atoms with Crippen LogP contribution < -0.4 is 5.32 Å². The van der Waals surface area contributed by atoms with E-state index in [1.165, 1.54) is 18.4 Å². The van der Waals surface area contributed by atoms with E-state index in [4.69, 9.17) is 0 Å². The highest BCUT2D eigenvalue weighted by Gasteiger charge is 2.18. The molecule has 0 atom stereocenters. The van der Waals surface area contributed by atoms with Gasteiger partial charge in [-0.1, -0.05) is 24.3 Å². The van der Waals surface area contributed by atoms with E-state index in [1.54, 1.807) is 24.3 Å². The summed E-state index contributed by atoms with van der Waals surface area (Å²) in [6, 6.07) is 13.9. The Kier molecular flexibility index (Phi) is 7.46. The molecule has 3 rings (SSSR count). The van der Waals surface area contributed by atoms with E-state index in [0.29, 0.717) is 18.5 Å². The molecule has 1 aliphatic heterocycles. The lowest BCUT2D eigenvalue weighted by Crippen LogP contribution is -2.29. The Bertz CT molecular complexity index is 1010. The van der Waals surface area contributed by atoms with Crippen molar-refractivity contribution in [1.82, 2.24) is 9.21 Å². The number of carbonyl (C=O) groups excluding carboxylic acids is 2. The summed E-state index contributed by atoms with van der Waals surface area (Å²) < 4.78 is 25.4. The predicted molar refractivity (Wildman–Crippen MR) is 120 cm³/mol. The van der Waals surface area contributed by atoms with Crippen molar-refractivity contribution in [1.29, 1.82) is 0 Å². The van der Waals surface area contributed by atoms with E-state index in [-0.39, 0.29) is 23.1 Å². The van der Waals surface area contributed by atoms with Crippen LogP contribution in [-0.4, -0.2) is 56.6 Å². The van der Waals surface area contributed by atoms with Crippen LogP contribution in [0.1, 0.15) is 30.4 Å². The van der Waals surface area contributed by atoms with Gasteiger partial charge in [-0.15, -0.1) is 0 Å². The molecular weight excluding hydrogens is 414 g/mol. The zero-order valence-corrected chi connectivity index (χ0v) is 18.8. The smallest absolute Gasteiger partial charge is 0.242 e. The fraction of sp³-hybridized carbons (Fsp3) is 0.391. The lowest BCUT2D eigenvalue weighted by atomic mass is 10.1. The van der Waals surface area contributed by atoms with Gasteiger partial charge in [0.25, 0.3) is 0 Å². The molecule has 166 valence electrons. The topological polar surface area (TPSA) is 86.8 Å². The van der Waals surface area contributed by atoms with Crippen LogP contribution in [0, 0.1) is 0 Å². The quantitative estimate of drug-likeness (QED) is 0.680. The summed E-state index contributed by atoms with van der Waals surface area (Å²) in [6.07, 6.45) is 3.34. The van der Waals surface area contributed by atoms with Gasteiger partial charge >= 0.3 is 0 Å². The molecule has 8 heteroatoms. The van der Waals surface area contributed by atoms with Gasteiger partial charge in [-0.3, -0.25) is 9.59 Å². The first-order valence-corrected chi connectivity index (χ1v) is 11.9. The Labute approximate surface area is 184 Å². The largest absolute Gasteiger partial charge is 0.342 e. The van der Waals surface area contributed by atoms with Crippen LogP contribution >= 0.6 is 0 Å². The first-order chi connectivity index (χ1) is 14.8. The highest BCUT2D eigenvalue weighted by molar-refractivity contribution is 7.89. The van der Waals surface area contributed by atoms with E-state index < -0.39 is 10.0 Å². The number of hydrogen-bond donors (Lipinski definition) is 1. The van der Waals surface area contributed by atoms with E-state index in [9.17, 15) is 18.0 Å². The number of aryl methyl sites for hydroxylation is 1. The standard InChI is InChI=1S/C23H29N3O4S/c1-25(2)31(29,30)21-12-7-18(8-13-21)9-14-22(27)24-20-10-5-19(6-11-20)17-23(28)26-15-3-4-16-26/h5-8,10-13H,3-4,9,14-17H2,1-2H3,(H,24,27). The monoisotopic (exact) mass is 443 g/mol. The number of sulfonamides is 1. The van der Waals surface area contributed by atoms with Crippen molar-refractivity contribution in [3.63, 3.8) is 0 Å². The van der Waals surface area contributed by atoms with Gasteiger partial charge in [-0.25, -0.2) is 12.7 Å². The second-order valence-corrected chi connectivity index (χ2v) is 10.1. The van der Waals surface area contributed by atoms with Crippen molar-refractivity contribution >= 4 is 27.5 Å².